The third-order valence-corrected chi connectivity index (χ3v) is 4.16. The number of unbranched alkanes of at least 4 members (excludes halogenated alkanes) is 1. The predicted octanol–water partition coefficient (Wildman–Crippen LogP) is 5.22. The van der Waals surface area contributed by atoms with Gasteiger partial charge in [-0.3, -0.25) is 0 Å². The molecule has 28 heavy (non-hydrogen) atoms. The zero-order chi connectivity index (χ0) is 20.4. The second-order valence-electron chi connectivity index (χ2n) is 6.06. The molecular formula is C19H15F6NO2. The molecular weight excluding hydrogens is 388 g/mol. The van der Waals surface area contributed by atoms with Gasteiger partial charge in [-0.15, -0.1) is 0 Å². The molecule has 3 nitrogen and oxygen atoms in total. The van der Waals surface area contributed by atoms with Crippen molar-refractivity contribution in [2.45, 2.75) is 25.8 Å². The maximum Gasteiger partial charge on any atom is 0.222 e. The quantitative estimate of drug-likeness (QED) is 0.376. The van der Waals surface area contributed by atoms with Gasteiger partial charge in [0.15, 0.2) is 17.4 Å². The zero-order valence-corrected chi connectivity index (χ0v) is 14.7. The van der Waals surface area contributed by atoms with Crippen LogP contribution in [0.25, 0.3) is 0 Å². The van der Waals surface area contributed by atoms with Crippen LogP contribution in [0.5, 0.6) is 5.75 Å². The summed E-state index contributed by atoms with van der Waals surface area (Å²) in [5.41, 5.74) is -1.67. The van der Waals surface area contributed by atoms with Crippen molar-refractivity contribution in [1.29, 1.82) is 0 Å². The molecule has 3 rings (SSSR count). The van der Waals surface area contributed by atoms with Crippen LogP contribution in [0.2, 0.25) is 0 Å². The van der Waals surface area contributed by atoms with E-state index in [-0.39, 0.29) is 6.61 Å². The molecule has 1 aliphatic rings. The minimum Gasteiger partial charge on any atom is -0.487 e. The van der Waals surface area contributed by atoms with Crippen LogP contribution in [0.3, 0.4) is 0 Å². The van der Waals surface area contributed by atoms with Crippen LogP contribution in [0, 0.1) is 34.9 Å². The maximum atomic E-state index is 14.4. The Morgan fingerprint density at radius 1 is 1.00 bits per heavy atom. The highest BCUT2D eigenvalue weighted by atomic mass is 19.2. The first kappa shape index (κ1) is 20.0. The van der Waals surface area contributed by atoms with E-state index in [1.54, 1.807) is 6.92 Å². The molecule has 1 heterocycles. The molecule has 0 aliphatic carbocycles. The molecule has 0 aromatic heterocycles. The van der Waals surface area contributed by atoms with Crippen LogP contribution in [0.15, 0.2) is 23.2 Å². The van der Waals surface area contributed by atoms with Crippen LogP contribution in [-0.4, -0.2) is 19.1 Å². The fourth-order valence-corrected chi connectivity index (χ4v) is 2.73. The highest BCUT2D eigenvalue weighted by Gasteiger charge is 2.35. The summed E-state index contributed by atoms with van der Waals surface area (Å²) in [6.07, 6.45) is 1.08. The Labute approximate surface area is 156 Å². The largest absolute Gasteiger partial charge is 0.487 e. The number of hydrogen-bond donors (Lipinski definition) is 0. The number of ether oxygens (including phenoxy) is 2. The van der Waals surface area contributed by atoms with Crippen molar-refractivity contribution in [2.24, 2.45) is 4.99 Å². The molecule has 0 bridgehead atoms. The highest BCUT2D eigenvalue weighted by Crippen LogP contribution is 2.37. The minimum absolute atomic E-state index is 0.121. The summed E-state index contributed by atoms with van der Waals surface area (Å²) in [4.78, 5) is 3.72. The normalized spacial score (nSPS) is 16.1. The van der Waals surface area contributed by atoms with Gasteiger partial charge >= 0.3 is 0 Å². The zero-order valence-electron chi connectivity index (χ0n) is 14.7. The Balaban J connectivity index is 2.00. The van der Waals surface area contributed by atoms with Crippen LogP contribution >= 0.6 is 0 Å². The first-order chi connectivity index (χ1) is 13.4. The van der Waals surface area contributed by atoms with Crippen LogP contribution in [0.4, 0.5) is 26.3 Å². The third kappa shape index (κ3) is 3.53. The summed E-state index contributed by atoms with van der Waals surface area (Å²) >= 11 is 0. The van der Waals surface area contributed by atoms with Gasteiger partial charge in [0, 0.05) is 0 Å². The summed E-state index contributed by atoms with van der Waals surface area (Å²) in [7, 11) is 0. The molecule has 2 aromatic rings. The number of halogens is 6. The lowest BCUT2D eigenvalue weighted by Gasteiger charge is -2.14. The summed E-state index contributed by atoms with van der Waals surface area (Å²) in [6, 6.07) is 1.48. The summed E-state index contributed by atoms with van der Waals surface area (Å²) < 4.78 is 94.8. The molecule has 1 atom stereocenters. The van der Waals surface area contributed by atoms with Crippen molar-refractivity contribution in [3.05, 3.63) is 64.2 Å². The molecule has 1 unspecified atom stereocenters. The van der Waals surface area contributed by atoms with E-state index in [2.05, 4.69) is 4.99 Å². The Bertz CT molecular complexity index is 882. The number of aliphatic imine (C=N–C) groups is 1. The van der Waals surface area contributed by atoms with E-state index in [4.69, 9.17) is 9.47 Å². The van der Waals surface area contributed by atoms with Crippen molar-refractivity contribution < 1.29 is 35.8 Å². The van der Waals surface area contributed by atoms with Gasteiger partial charge in [-0.2, -0.15) is 8.78 Å². The van der Waals surface area contributed by atoms with Crippen molar-refractivity contribution in [3.63, 3.8) is 0 Å². The van der Waals surface area contributed by atoms with Crippen molar-refractivity contribution >= 4 is 5.90 Å². The molecule has 1 aliphatic heterocycles. The Morgan fingerprint density at radius 3 is 2.18 bits per heavy atom. The van der Waals surface area contributed by atoms with E-state index < -0.39 is 70.3 Å². The molecule has 0 saturated carbocycles. The molecule has 0 radical (unpaired) electrons. The van der Waals surface area contributed by atoms with Crippen LogP contribution < -0.4 is 4.74 Å². The van der Waals surface area contributed by atoms with Gasteiger partial charge in [0.25, 0.3) is 0 Å². The average Bonchev–Trinajstić information content (AvgIpc) is 3.12. The van der Waals surface area contributed by atoms with Gasteiger partial charge in [-0.1, -0.05) is 19.4 Å². The topological polar surface area (TPSA) is 30.8 Å². The second-order valence-corrected chi connectivity index (χ2v) is 6.06. The smallest absolute Gasteiger partial charge is 0.222 e. The van der Waals surface area contributed by atoms with E-state index in [0.29, 0.717) is 12.8 Å². The number of nitrogens with zero attached hydrogens (tertiary/aromatic N) is 1. The molecule has 2 aromatic carbocycles. The number of rotatable bonds is 6. The van der Waals surface area contributed by atoms with Crippen molar-refractivity contribution in [3.8, 4) is 5.75 Å². The molecule has 0 spiro atoms. The fourth-order valence-electron chi connectivity index (χ4n) is 2.73. The van der Waals surface area contributed by atoms with E-state index in [1.165, 1.54) is 0 Å². The van der Waals surface area contributed by atoms with Gasteiger partial charge in [0.2, 0.25) is 17.5 Å². The first-order valence-corrected chi connectivity index (χ1v) is 8.50. The Morgan fingerprint density at radius 2 is 1.61 bits per heavy atom. The van der Waals surface area contributed by atoms with E-state index in [9.17, 15) is 26.3 Å². The van der Waals surface area contributed by atoms with Gasteiger partial charge in [-0.25, -0.2) is 22.6 Å². The molecule has 150 valence electrons. The summed E-state index contributed by atoms with van der Waals surface area (Å²) in [5, 5.41) is 0. The lowest BCUT2D eigenvalue weighted by molar-refractivity contribution is 0.261. The van der Waals surface area contributed by atoms with Gasteiger partial charge in [-0.05, 0) is 18.6 Å². The Kier molecular flexibility index (Phi) is 5.81. The molecule has 0 N–H and O–H groups in total. The lowest BCUT2D eigenvalue weighted by atomic mass is 10.1. The Hall–Kier alpha value is -2.71. The van der Waals surface area contributed by atoms with Crippen molar-refractivity contribution in [1.82, 2.24) is 0 Å². The van der Waals surface area contributed by atoms with E-state index >= 15 is 0 Å². The van der Waals surface area contributed by atoms with E-state index in [1.807, 2.05) is 0 Å². The van der Waals surface area contributed by atoms with Gasteiger partial charge in [0.05, 0.1) is 12.2 Å². The summed E-state index contributed by atoms with van der Waals surface area (Å²) in [5.74, 6) is -10.5. The summed E-state index contributed by atoms with van der Waals surface area (Å²) in [6.45, 7) is 1.13. The van der Waals surface area contributed by atoms with Crippen molar-refractivity contribution in [2.75, 3.05) is 13.2 Å². The average molecular weight is 403 g/mol. The molecule has 0 saturated heterocycles. The van der Waals surface area contributed by atoms with Crippen LogP contribution in [-0.2, 0) is 4.74 Å². The minimum atomic E-state index is -1.70. The van der Waals surface area contributed by atoms with E-state index in [0.717, 1.165) is 18.2 Å². The maximum absolute atomic E-state index is 14.4. The predicted molar refractivity (Wildman–Crippen MR) is 88.3 cm³/mol. The van der Waals surface area contributed by atoms with Crippen LogP contribution in [0.1, 0.15) is 36.9 Å². The standard InChI is InChI=1S/C19H15F6NO2/c1-2-3-7-27-18-16(24)14(22)13(15(23)17(18)25)11-8-28-19(26-11)12-9(20)5-4-6-10(12)21/h4-6,11H,2-3,7-8H2,1H3. The SMILES string of the molecule is CCCCOc1c(F)c(F)c(C2COC(c3c(F)cccc3F)=N2)c(F)c1F. The molecule has 0 amide bonds. The number of hydrogen-bond acceptors (Lipinski definition) is 3. The monoisotopic (exact) mass is 403 g/mol. The van der Waals surface area contributed by atoms with Gasteiger partial charge in [0.1, 0.15) is 29.8 Å². The highest BCUT2D eigenvalue weighted by molar-refractivity contribution is 5.95. The third-order valence-electron chi connectivity index (χ3n) is 4.16. The molecule has 9 heteroatoms. The van der Waals surface area contributed by atoms with Gasteiger partial charge < -0.3 is 9.47 Å². The first-order valence-electron chi connectivity index (χ1n) is 8.50. The lowest BCUT2D eigenvalue weighted by Crippen LogP contribution is -2.12. The molecule has 0 fully saturated rings. The second kappa shape index (κ2) is 8.12. The number of benzene rings is 2. The fraction of sp³-hybridized carbons (Fsp3) is 0.316.